The molecule has 124 valence electrons. The van der Waals surface area contributed by atoms with Crippen molar-refractivity contribution in [3.8, 4) is 0 Å². The summed E-state index contributed by atoms with van der Waals surface area (Å²) in [6.45, 7) is -2.10. The molecule has 0 spiro atoms. The summed E-state index contributed by atoms with van der Waals surface area (Å²) in [4.78, 5) is 9.76. The minimum absolute atomic E-state index is 0.109. The second-order valence-corrected chi connectivity index (χ2v) is 4.92. The van der Waals surface area contributed by atoms with Gasteiger partial charge in [0, 0.05) is 33.0 Å². The van der Waals surface area contributed by atoms with Crippen LogP contribution >= 0.6 is 0 Å². The van der Waals surface area contributed by atoms with E-state index in [1.165, 1.54) is 24.5 Å². The minimum Gasteiger partial charge on any atom is -0.349 e. The molecule has 2 rings (SSSR count). The number of halogens is 3. The van der Waals surface area contributed by atoms with E-state index >= 15 is 0 Å². The summed E-state index contributed by atoms with van der Waals surface area (Å²) in [6.07, 6.45) is 2.54. The van der Waals surface area contributed by atoms with Crippen LogP contribution in [0.1, 0.15) is 17.9 Å². The van der Waals surface area contributed by atoms with Crippen LogP contribution in [0.3, 0.4) is 0 Å². The first kappa shape index (κ1) is 16.9. The van der Waals surface area contributed by atoms with Gasteiger partial charge in [-0.25, -0.2) is 9.37 Å². The fourth-order valence-corrected chi connectivity index (χ4v) is 2.19. The van der Waals surface area contributed by atoms with Crippen molar-refractivity contribution in [3.63, 3.8) is 0 Å². The molecule has 2 aromatic rings. The molecule has 1 aromatic heterocycles. The minimum atomic E-state index is -2.64. The van der Waals surface area contributed by atoms with Crippen LogP contribution in [-0.4, -0.2) is 34.5 Å². The Hall–Kier alpha value is -2.51. The van der Waals surface area contributed by atoms with Crippen LogP contribution in [0, 0.1) is 5.82 Å². The molecule has 0 atom stereocenters. The Morgan fingerprint density at radius 2 is 2.22 bits per heavy atom. The second-order valence-electron chi connectivity index (χ2n) is 4.92. The van der Waals surface area contributed by atoms with Gasteiger partial charge in [-0.2, -0.15) is 8.78 Å². The van der Waals surface area contributed by atoms with Crippen molar-refractivity contribution in [3.05, 3.63) is 53.9 Å². The van der Waals surface area contributed by atoms with Crippen LogP contribution in [0.15, 0.2) is 41.7 Å². The molecule has 1 aromatic carbocycles. The highest BCUT2D eigenvalue weighted by molar-refractivity contribution is 5.79. The molecule has 0 aliphatic heterocycles. The summed E-state index contributed by atoms with van der Waals surface area (Å²) < 4.78 is 39.5. The Morgan fingerprint density at radius 3 is 2.87 bits per heavy atom. The first-order chi connectivity index (χ1) is 11.0. The summed E-state index contributed by atoms with van der Waals surface area (Å²) >= 11 is 0. The van der Waals surface area contributed by atoms with E-state index in [0.29, 0.717) is 12.5 Å². The number of hydrogen-bond acceptors (Lipinski definition) is 2. The number of alkyl halides is 2. The fourth-order valence-electron chi connectivity index (χ4n) is 2.19. The quantitative estimate of drug-likeness (QED) is 0.679. The summed E-state index contributed by atoms with van der Waals surface area (Å²) in [7, 11) is 3.36. The lowest BCUT2D eigenvalue weighted by atomic mass is 10.2. The molecule has 1 N–H and O–H groups in total. The summed E-state index contributed by atoms with van der Waals surface area (Å²) in [5.74, 6) is 0.399. The lowest BCUT2D eigenvalue weighted by molar-refractivity contribution is 0.0668. The van der Waals surface area contributed by atoms with E-state index in [1.54, 1.807) is 31.1 Å². The highest BCUT2D eigenvalue weighted by Gasteiger charge is 2.13. The Kier molecular flexibility index (Phi) is 5.61. The zero-order chi connectivity index (χ0) is 16.8. The van der Waals surface area contributed by atoms with Crippen LogP contribution in [0.4, 0.5) is 13.2 Å². The highest BCUT2D eigenvalue weighted by Crippen LogP contribution is 2.12. The molecule has 0 fully saturated rings. The maximum absolute atomic E-state index is 13.2. The van der Waals surface area contributed by atoms with Crippen LogP contribution in [0.5, 0.6) is 0 Å². The van der Waals surface area contributed by atoms with Gasteiger partial charge in [0.1, 0.15) is 11.6 Å². The molecule has 23 heavy (non-hydrogen) atoms. The predicted molar refractivity (Wildman–Crippen MR) is 81.5 cm³/mol. The standard InChI is InChI=1S/C15H18F3N5/c1-19-15(21-9-13-20-6-7-23(13)14(17)18)22(2)10-11-4-3-5-12(16)8-11/h3-8,14H,9-10H2,1-2H3,(H,19,21). The molecule has 0 radical (unpaired) electrons. The Balaban J connectivity index is 1.98. The molecule has 0 saturated carbocycles. The molecular formula is C15H18F3N5. The van der Waals surface area contributed by atoms with Gasteiger partial charge in [0.25, 0.3) is 0 Å². The van der Waals surface area contributed by atoms with E-state index in [9.17, 15) is 13.2 Å². The first-order valence-corrected chi connectivity index (χ1v) is 6.97. The molecule has 0 aliphatic carbocycles. The average molecular weight is 325 g/mol. The Bertz CT molecular complexity index is 669. The number of aliphatic imine (C=N–C) groups is 1. The van der Waals surface area contributed by atoms with Gasteiger partial charge in [0.15, 0.2) is 5.96 Å². The number of rotatable bonds is 5. The normalized spacial score (nSPS) is 11.8. The summed E-state index contributed by atoms with van der Waals surface area (Å²) in [5.41, 5.74) is 0.782. The van der Waals surface area contributed by atoms with Crippen molar-refractivity contribution >= 4 is 5.96 Å². The number of hydrogen-bond donors (Lipinski definition) is 1. The van der Waals surface area contributed by atoms with Crippen LogP contribution in [0.25, 0.3) is 0 Å². The summed E-state index contributed by atoms with van der Waals surface area (Å²) in [6, 6.07) is 6.25. The van der Waals surface area contributed by atoms with Crippen molar-refractivity contribution in [1.82, 2.24) is 19.8 Å². The largest absolute Gasteiger partial charge is 0.349 e. The third kappa shape index (κ3) is 4.48. The number of benzene rings is 1. The van der Waals surface area contributed by atoms with Crippen molar-refractivity contribution in [1.29, 1.82) is 0 Å². The number of nitrogens with one attached hydrogen (secondary N) is 1. The lowest BCUT2D eigenvalue weighted by Gasteiger charge is -2.22. The zero-order valence-electron chi connectivity index (χ0n) is 12.9. The van der Waals surface area contributed by atoms with Crippen molar-refractivity contribution in [2.75, 3.05) is 14.1 Å². The molecule has 0 unspecified atom stereocenters. The van der Waals surface area contributed by atoms with Gasteiger partial charge in [0.2, 0.25) is 0 Å². The summed E-state index contributed by atoms with van der Waals surface area (Å²) in [5, 5.41) is 2.97. The van der Waals surface area contributed by atoms with Crippen LogP contribution in [0.2, 0.25) is 0 Å². The maximum Gasteiger partial charge on any atom is 0.319 e. The van der Waals surface area contributed by atoms with Crippen molar-refractivity contribution < 1.29 is 13.2 Å². The van der Waals surface area contributed by atoms with Gasteiger partial charge in [-0.15, -0.1) is 0 Å². The molecule has 5 nitrogen and oxygen atoms in total. The number of nitrogens with zero attached hydrogens (tertiary/aromatic N) is 4. The molecular weight excluding hydrogens is 307 g/mol. The van der Waals surface area contributed by atoms with Gasteiger partial charge in [-0.3, -0.25) is 9.56 Å². The van der Waals surface area contributed by atoms with Crippen LogP contribution < -0.4 is 5.32 Å². The third-order valence-corrected chi connectivity index (χ3v) is 3.25. The first-order valence-electron chi connectivity index (χ1n) is 6.97. The van der Waals surface area contributed by atoms with Gasteiger partial charge in [-0.1, -0.05) is 12.1 Å². The molecule has 1 heterocycles. The topological polar surface area (TPSA) is 45.5 Å². The van der Waals surface area contributed by atoms with E-state index in [4.69, 9.17) is 0 Å². The SMILES string of the molecule is CN=C(NCc1nccn1C(F)F)N(C)Cc1cccc(F)c1. The van der Waals surface area contributed by atoms with E-state index in [0.717, 1.165) is 10.1 Å². The van der Waals surface area contributed by atoms with E-state index in [2.05, 4.69) is 15.3 Å². The monoisotopic (exact) mass is 325 g/mol. The number of guanidine groups is 1. The smallest absolute Gasteiger partial charge is 0.319 e. The number of aromatic nitrogens is 2. The molecule has 8 heteroatoms. The van der Waals surface area contributed by atoms with Gasteiger partial charge in [0.05, 0.1) is 6.54 Å². The second kappa shape index (κ2) is 7.66. The molecule has 0 aliphatic rings. The van der Waals surface area contributed by atoms with Gasteiger partial charge >= 0.3 is 6.55 Å². The van der Waals surface area contributed by atoms with E-state index in [-0.39, 0.29) is 18.2 Å². The maximum atomic E-state index is 13.2. The van der Waals surface area contributed by atoms with Crippen molar-refractivity contribution in [2.45, 2.75) is 19.6 Å². The van der Waals surface area contributed by atoms with Gasteiger partial charge in [-0.05, 0) is 17.7 Å². The third-order valence-electron chi connectivity index (χ3n) is 3.25. The Labute approximate surface area is 132 Å². The Morgan fingerprint density at radius 1 is 1.43 bits per heavy atom. The lowest BCUT2D eigenvalue weighted by Crippen LogP contribution is -2.38. The predicted octanol–water partition coefficient (Wildman–Crippen LogP) is 2.62. The zero-order valence-corrected chi connectivity index (χ0v) is 12.9. The average Bonchev–Trinajstić information content (AvgIpc) is 2.96. The van der Waals surface area contributed by atoms with E-state index in [1.807, 2.05) is 0 Å². The molecule has 0 amide bonds. The highest BCUT2D eigenvalue weighted by atomic mass is 19.3. The molecule has 0 bridgehead atoms. The number of imidazole rings is 1. The van der Waals surface area contributed by atoms with Gasteiger partial charge < -0.3 is 10.2 Å². The van der Waals surface area contributed by atoms with Crippen molar-refractivity contribution in [2.24, 2.45) is 4.99 Å². The van der Waals surface area contributed by atoms with Crippen LogP contribution in [-0.2, 0) is 13.1 Å². The van der Waals surface area contributed by atoms with E-state index < -0.39 is 6.55 Å². The molecule has 0 saturated heterocycles. The fraction of sp³-hybridized carbons (Fsp3) is 0.333.